The van der Waals surface area contributed by atoms with Crippen molar-refractivity contribution in [3.63, 3.8) is 0 Å². The summed E-state index contributed by atoms with van der Waals surface area (Å²) in [4.78, 5) is 16.5. The van der Waals surface area contributed by atoms with Crippen molar-refractivity contribution in [1.82, 2.24) is 19.5 Å². The third-order valence-electron chi connectivity index (χ3n) is 6.79. The molecule has 0 amide bonds. The van der Waals surface area contributed by atoms with Gasteiger partial charge in [0.2, 0.25) is 11.7 Å². The number of nitrogens with one attached hydrogen (secondary N) is 1. The van der Waals surface area contributed by atoms with Crippen molar-refractivity contribution >= 4 is 17.6 Å². The van der Waals surface area contributed by atoms with E-state index in [-0.39, 0.29) is 12.6 Å². The van der Waals surface area contributed by atoms with Crippen LogP contribution in [0.2, 0.25) is 0 Å². The van der Waals surface area contributed by atoms with E-state index >= 15 is 0 Å². The second-order valence-corrected chi connectivity index (χ2v) is 8.85. The van der Waals surface area contributed by atoms with E-state index in [0.717, 1.165) is 67.8 Å². The molecule has 1 aliphatic heterocycles. The van der Waals surface area contributed by atoms with Crippen LogP contribution in [0, 0.1) is 0 Å². The van der Waals surface area contributed by atoms with Crippen molar-refractivity contribution < 1.29 is 19.3 Å². The number of fused-ring (bicyclic) bond motifs is 1. The Morgan fingerprint density at radius 1 is 1.03 bits per heavy atom. The highest BCUT2D eigenvalue weighted by Crippen LogP contribution is 2.39. The average molecular weight is 481 g/mol. The predicted molar refractivity (Wildman–Crippen MR) is 133 cm³/mol. The van der Waals surface area contributed by atoms with Crippen LogP contribution in [-0.4, -0.2) is 65.1 Å². The van der Waals surface area contributed by atoms with Gasteiger partial charge >= 0.3 is 0 Å². The number of hydrogen-bond donors (Lipinski definition) is 2. The number of imidazole rings is 1. The molecule has 1 saturated heterocycles. The molecule has 0 saturated carbocycles. The fraction of sp³-hybridized carbons (Fsp3) is 0.480. The van der Waals surface area contributed by atoms with Gasteiger partial charge in [0.25, 0.3) is 0 Å². The first-order valence-electron chi connectivity index (χ1n) is 12.0. The zero-order valence-electron chi connectivity index (χ0n) is 20.5. The lowest BCUT2D eigenvalue weighted by molar-refractivity contribution is 0.265. The standard InChI is InChI=1S/C25H32N6O4/c1-33-20-11-17(12-21(34-2)23(20)35-3)30-13-22(26-15-30)28-24-18-8-4-5-9-19(18)27-25(29-24)31-10-6-7-16(31)14-32/h11-13,15-16,32H,4-10,14H2,1-3H3,(H,27,28,29)/t16-/m1/s1. The Kier molecular flexibility index (Phi) is 6.63. The Morgan fingerprint density at radius 3 is 2.51 bits per heavy atom. The number of anilines is 3. The molecule has 0 spiro atoms. The molecule has 2 aliphatic rings. The molecule has 1 fully saturated rings. The first-order valence-corrected chi connectivity index (χ1v) is 12.0. The molecule has 35 heavy (non-hydrogen) atoms. The fourth-order valence-corrected chi connectivity index (χ4v) is 4.97. The average Bonchev–Trinajstić information content (AvgIpc) is 3.57. The third-order valence-corrected chi connectivity index (χ3v) is 6.79. The maximum atomic E-state index is 9.81. The van der Waals surface area contributed by atoms with Gasteiger partial charge in [-0.05, 0) is 38.5 Å². The SMILES string of the molecule is COc1cc(-n2cnc(Nc3nc(N4CCC[C@@H]4CO)nc4c3CCCC4)c2)cc(OC)c1OC. The molecule has 1 atom stereocenters. The number of aliphatic hydroxyl groups excluding tert-OH is 1. The van der Waals surface area contributed by atoms with E-state index < -0.39 is 0 Å². The van der Waals surface area contributed by atoms with Gasteiger partial charge in [-0.2, -0.15) is 4.98 Å². The summed E-state index contributed by atoms with van der Waals surface area (Å²) in [5, 5.41) is 13.2. The predicted octanol–water partition coefficient (Wildman–Crippen LogP) is 3.27. The van der Waals surface area contributed by atoms with Crippen molar-refractivity contribution in [2.75, 3.05) is 44.7 Å². The van der Waals surface area contributed by atoms with E-state index in [1.165, 1.54) is 0 Å². The molecular weight excluding hydrogens is 448 g/mol. The van der Waals surface area contributed by atoms with Gasteiger partial charge in [-0.25, -0.2) is 9.97 Å². The molecule has 186 valence electrons. The summed E-state index contributed by atoms with van der Waals surface area (Å²) in [5.74, 6) is 3.85. The van der Waals surface area contributed by atoms with Crippen LogP contribution < -0.4 is 24.4 Å². The Labute approximate surface area is 204 Å². The number of benzene rings is 1. The molecule has 2 N–H and O–H groups in total. The summed E-state index contributed by atoms with van der Waals surface area (Å²) < 4.78 is 18.3. The quantitative estimate of drug-likeness (QED) is 0.502. The first kappa shape index (κ1) is 23.2. The monoisotopic (exact) mass is 480 g/mol. The van der Waals surface area contributed by atoms with Crippen molar-refractivity contribution in [2.45, 2.75) is 44.6 Å². The van der Waals surface area contributed by atoms with Gasteiger partial charge in [0.05, 0.1) is 51.6 Å². The molecule has 0 unspecified atom stereocenters. The number of aromatic nitrogens is 4. The van der Waals surface area contributed by atoms with E-state index in [2.05, 4.69) is 15.2 Å². The molecule has 1 aromatic carbocycles. The highest BCUT2D eigenvalue weighted by atomic mass is 16.5. The van der Waals surface area contributed by atoms with Crippen molar-refractivity contribution in [1.29, 1.82) is 0 Å². The Bertz CT molecular complexity index is 1170. The minimum absolute atomic E-state index is 0.0729. The van der Waals surface area contributed by atoms with Crippen LogP contribution in [0.3, 0.4) is 0 Å². The highest BCUT2D eigenvalue weighted by Gasteiger charge is 2.28. The van der Waals surface area contributed by atoms with Crippen LogP contribution in [0.4, 0.5) is 17.6 Å². The number of methoxy groups -OCH3 is 3. The van der Waals surface area contributed by atoms with E-state index in [4.69, 9.17) is 24.2 Å². The summed E-state index contributed by atoms with van der Waals surface area (Å²) >= 11 is 0. The lowest BCUT2D eigenvalue weighted by Gasteiger charge is -2.26. The number of aliphatic hydroxyl groups is 1. The number of aryl methyl sites for hydroxylation is 1. The molecule has 2 aromatic heterocycles. The lowest BCUT2D eigenvalue weighted by atomic mass is 9.96. The van der Waals surface area contributed by atoms with Crippen LogP contribution >= 0.6 is 0 Å². The molecule has 10 heteroatoms. The zero-order valence-corrected chi connectivity index (χ0v) is 20.5. The van der Waals surface area contributed by atoms with E-state index in [0.29, 0.717) is 29.0 Å². The lowest BCUT2D eigenvalue weighted by Crippen LogP contribution is -2.34. The van der Waals surface area contributed by atoms with Crippen LogP contribution in [-0.2, 0) is 12.8 Å². The maximum Gasteiger partial charge on any atom is 0.227 e. The summed E-state index contributed by atoms with van der Waals surface area (Å²) in [6.07, 6.45) is 9.76. The van der Waals surface area contributed by atoms with Crippen LogP contribution in [0.1, 0.15) is 36.9 Å². The summed E-state index contributed by atoms with van der Waals surface area (Å²) in [7, 11) is 4.78. The van der Waals surface area contributed by atoms with Crippen molar-refractivity contribution in [2.24, 2.45) is 0 Å². The van der Waals surface area contributed by atoms with Gasteiger partial charge in [-0.3, -0.25) is 0 Å². The van der Waals surface area contributed by atoms with Crippen molar-refractivity contribution in [3.8, 4) is 22.9 Å². The van der Waals surface area contributed by atoms with Crippen LogP contribution in [0.5, 0.6) is 17.2 Å². The van der Waals surface area contributed by atoms with Crippen molar-refractivity contribution in [3.05, 3.63) is 35.9 Å². The highest BCUT2D eigenvalue weighted by molar-refractivity contribution is 5.62. The number of ether oxygens (including phenoxy) is 3. The maximum absolute atomic E-state index is 9.81. The molecule has 3 aromatic rings. The van der Waals surface area contributed by atoms with Gasteiger partial charge in [0, 0.05) is 24.2 Å². The largest absolute Gasteiger partial charge is 0.493 e. The normalized spacial score (nSPS) is 17.3. The Hall–Kier alpha value is -3.53. The van der Waals surface area contributed by atoms with Gasteiger partial charge in [-0.15, -0.1) is 0 Å². The molecule has 0 bridgehead atoms. The van der Waals surface area contributed by atoms with E-state index in [1.54, 1.807) is 27.7 Å². The van der Waals surface area contributed by atoms with Gasteiger partial charge in [-0.1, -0.05) is 0 Å². The minimum Gasteiger partial charge on any atom is -0.493 e. The number of nitrogens with zero attached hydrogens (tertiary/aromatic N) is 5. The smallest absolute Gasteiger partial charge is 0.227 e. The van der Waals surface area contributed by atoms with Gasteiger partial charge < -0.3 is 34.1 Å². The number of hydrogen-bond acceptors (Lipinski definition) is 9. The van der Waals surface area contributed by atoms with E-state index in [9.17, 15) is 5.11 Å². The molecule has 3 heterocycles. The number of rotatable bonds is 8. The second kappa shape index (κ2) is 9.99. The zero-order chi connectivity index (χ0) is 24.4. The molecular formula is C25H32N6O4. The summed E-state index contributed by atoms with van der Waals surface area (Å²) in [6, 6.07) is 3.82. The molecule has 1 aliphatic carbocycles. The van der Waals surface area contributed by atoms with Crippen LogP contribution in [0.25, 0.3) is 5.69 Å². The Morgan fingerprint density at radius 2 is 1.80 bits per heavy atom. The topological polar surface area (TPSA) is 107 Å². The molecule has 10 nitrogen and oxygen atoms in total. The van der Waals surface area contributed by atoms with Crippen LogP contribution in [0.15, 0.2) is 24.7 Å². The molecule has 0 radical (unpaired) electrons. The summed E-state index contributed by atoms with van der Waals surface area (Å²) in [6.45, 7) is 0.974. The fourth-order valence-electron chi connectivity index (χ4n) is 4.97. The second-order valence-electron chi connectivity index (χ2n) is 8.85. The third kappa shape index (κ3) is 4.45. The molecule has 5 rings (SSSR count). The van der Waals surface area contributed by atoms with Gasteiger partial charge in [0.15, 0.2) is 11.5 Å². The summed E-state index contributed by atoms with van der Waals surface area (Å²) in [5.41, 5.74) is 3.08. The minimum atomic E-state index is 0.0729. The Balaban J connectivity index is 1.47. The first-order chi connectivity index (χ1) is 17.1. The van der Waals surface area contributed by atoms with Gasteiger partial charge in [0.1, 0.15) is 18.0 Å². The van der Waals surface area contributed by atoms with E-state index in [1.807, 2.05) is 22.9 Å².